The molecule has 0 spiro atoms. The lowest BCUT2D eigenvalue weighted by molar-refractivity contribution is 0.455. The zero-order valence-electron chi connectivity index (χ0n) is 11.3. The molecule has 0 unspecified atom stereocenters. The van der Waals surface area contributed by atoms with Gasteiger partial charge in [-0.1, -0.05) is 31.5 Å². The maximum absolute atomic E-state index is 13.4. The Labute approximate surface area is 114 Å². The van der Waals surface area contributed by atoms with Crippen molar-refractivity contribution in [3.8, 4) is 0 Å². The molecule has 18 heavy (non-hydrogen) atoms. The van der Waals surface area contributed by atoms with Crippen molar-refractivity contribution >= 4 is 11.6 Å². The molecule has 0 bridgehead atoms. The lowest BCUT2D eigenvalue weighted by Gasteiger charge is -2.27. The fraction of sp³-hybridized carbons (Fsp3) is 0.600. The quantitative estimate of drug-likeness (QED) is 0.844. The van der Waals surface area contributed by atoms with Crippen LogP contribution in [0.3, 0.4) is 0 Å². The Morgan fingerprint density at radius 2 is 2.06 bits per heavy atom. The maximum atomic E-state index is 13.4. The Kier molecular flexibility index (Phi) is 3.98. The second-order valence-corrected chi connectivity index (χ2v) is 6.35. The van der Waals surface area contributed by atoms with Crippen molar-refractivity contribution in [3.63, 3.8) is 0 Å². The van der Waals surface area contributed by atoms with Crippen molar-refractivity contribution in [3.05, 3.63) is 34.1 Å². The zero-order valence-corrected chi connectivity index (χ0v) is 12.1. The van der Waals surface area contributed by atoms with Gasteiger partial charge in [-0.2, -0.15) is 0 Å². The molecule has 1 saturated carbocycles. The predicted octanol–water partition coefficient (Wildman–Crippen LogP) is 4.21. The van der Waals surface area contributed by atoms with Crippen LogP contribution in [0.15, 0.2) is 12.1 Å². The number of rotatable bonds is 5. The van der Waals surface area contributed by atoms with Crippen LogP contribution in [0.2, 0.25) is 5.02 Å². The highest BCUT2D eigenvalue weighted by atomic mass is 35.5. The van der Waals surface area contributed by atoms with Crippen molar-refractivity contribution in [1.29, 1.82) is 0 Å². The minimum absolute atomic E-state index is 0.0303. The minimum atomic E-state index is -0.226. The third-order valence-corrected chi connectivity index (χ3v) is 4.05. The zero-order chi connectivity index (χ0) is 13.3. The topological polar surface area (TPSA) is 12.0 Å². The molecule has 1 N–H and O–H groups in total. The summed E-state index contributed by atoms with van der Waals surface area (Å²) in [5, 5.41) is 4.05. The molecule has 1 aromatic rings. The summed E-state index contributed by atoms with van der Waals surface area (Å²) in [6, 6.07) is 4.04. The molecule has 0 atom stereocenters. The molecule has 0 amide bonds. The summed E-state index contributed by atoms with van der Waals surface area (Å²) >= 11 is 6.18. The Morgan fingerprint density at radius 3 is 2.67 bits per heavy atom. The van der Waals surface area contributed by atoms with Crippen LogP contribution in [0.1, 0.15) is 44.2 Å². The van der Waals surface area contributed by atoms with Crippen LogP contribution in [0, 0.1) is 12.7 Å². The fourth-order valence-electron chi connectivity index (χ4n) is 2.19. The van der Waals surface area contributed by atoms with Crippen LogP contribution >= 0.6 is 11.6 Å². The monoisotopic (exact) mass is 269 g/mol. The van der Waals surface area contributed by atoms with Gasteiger partial charge >= 0.3 is 0 Å². The smallest absolute Gasteiger partial charge is 0.127 e. The fourth-order valence-corrected chi connectivity index (χ4v) is 2.59. The highest BCUT2D eigenvalue weighted by Crippen LogP contribution is 2.34. The highest BCUT2D eigenvalue weighted by molar-refractivity contribution is 6.31. The number of hydrogen-bond donors (Lipinski definition) is 1. The van der Waals surface area contributed by atoms with E-state index in [0.29, 0.717) is 10.6 Å². The van der Waals surface area contributed by atoms with Crippen molar-refractivity contribution in [2.45, 2.75) is 51.5 Å². The van der Waals surface area contributed by atoms with Crippen LogP contribution < -0.4 is 5.32 Å². The summed E-state index contributed by atoms with van der Waals surface area (Å²) in [4.78, 5) is 0. The van der Waals surface area contributed by atoms with E-state index >= 15 is 0 Å². The van der Waals surface area contributed by atoms with Gasteiger partial charge in [-0.3, -0.25) is 0 Å². The van der Waals surface area contributed by atoms with Gasteiger partial charge in [0, 0.05) is 11.1 Å². The molecular formula is C15H21ClFN. The third kappa shape index (κ3) is 3.24. The van der Waals surface area contributed by atoms with E-state index in [2.05, 4.69) is 19.2 Å². The van der Waals surface area contributed by atoms with Gasteiger partial charge in [0.2, 0.25) is 0 Å². The molecule has 3 heteroatoms. The molecular weight excluding hydrogens is 249 g/mol. The predicted molar refractivity (Wildman–Crippen MR) is 74.8 cm³/mol. The van der Waals surface area contributed by atoms with Crippen LogP contribution in [0.5, 0.6) is 0 Å². The van der Waals surface area contributed by atoms with Gasteiger partial charge < -0.3 is 5.32 Å². The standard InChI is InChI=1S/C15H21ClFN/c1-10-8-12(13(16)9-14(10)17)15(2,3)6-7-18-11-4-5-11/h8-9,11,18H,4-7H2,1-3H3. The van der Waals surface area contributed by atoms with Gasteiger partial charge in [0.05, 0.1) is 0 Å². The molecule has 2 rings (SSSR count). The first-order valence-corrected chi connectivity index (χ1v) is 6.97. The Bertz CT molecular complexity index is 438. The average Bonchev–Trinajstić information content (AvgIpc) is 3.07. The van der Waals surface area contributed by atoms with Gasteiger partial charge in [0.25, 0.3) is 0 Å². The SMILES string of the molecule is Cc1cc(C(C)(C)CCNC2CC2)c(Cl)cc1F. The summed E-state index contributed by atoms with van der Waals surface area (Å²) in [6.45, 7) is 7.11. The molecule has 1 aromatic carbocycles. The second-order valence-electron chi connectivity index (χ2n) is 5.94. The lowest BCUT2D eigenvalue weighted by Crippen LogP contribution is -2.27. The first-order valence-electron chi connectivity index (χ1n) is 6.59. The van der Waals surface area contributed by atoms with E-state index < -0.39 is 0 Å². The maximum Gasteiger partial charge on any atom is 0.127 e. The van der Waals surface area contributed by atoms with E-state index in [4.69, 9.17) is 11.6 Å². The minimum Gasteiger partial charge on any atom is -0.314 e. The van der Waals surface area contributed by atoms with Crippen molar-refractivity contribution in [2.24, 2.45) is 0 Å². The van der Waals surface area contributed by atoms with E-state index in [0.717, 1.165) is 24.6 Å². The van der Waals surface area contributed by atoms with E-state index in [1.54, 1.807) is 6.92 Å². The second kappa shape index (κ2) is 5.18. The molecule has 0 aromatic heterocycles. The Hall–Kier alpha value is -0.600. The molecule has 1 fully saturated rings. The first-order chi connectivity index (χ1) is 8.40. The normalized spacial score (nSPS) is 16.1. The Morgan fingerprint density at radius 1 is 1.39 bits per heavy atom. The van der Waals surface area contributed by atoms with Gasteiger partial charge in [-0.05, 0) is 55.3 Å². The van der Waals surface area contributed by atoms with Gasteiger partial charge in [0.1, 0.15) is 5.82 Å². The average molecular weight is 270 g/mol. The first kappa shape index (κ1) is 13.8. The summed E-state index contributed by atoms with van der Waals surface area (Å²) in [5.41, 5.74) is 1.68. The van der Waals surface area contributed by atoms with Crippen molar-refractivity contribution in [1.82, 2.24) is 5.32 Å². The summed E-state index contributed by atoms with van der Waals surface area (Å²) in [6.07, 6.45) is 3.61. The number of benzene rings is 1. The van der Waals surface area contributed by atoms with E-state index in [-0.39, 0.29) is 11.2 Å². The molecule has 100 valence electrons. The highest BCUT2D eigenvalue weighted by Gasteiger charge is 2.26. The largest absolute Gasteiger partial charge is 0.314 e. The molecule has 1 aliphatic rings. The number of nitrogens with one attached hydrogen (secondary N) is 1. The van der Waals surface area contributed by atoms with Crippen molar-refractivity contribution < 1.29 is 4.39 Å². The molecule has 0 radical (unpaired) electrons. The molecule has 0 saturated heterocycles. The lowest BCUT2D eigenvalue weighted by atomic mass is 9.81. The van der Waals surface area contributed by atoms with Crippen LogP contribution in [0.4, 0.5) is 4.39 Å². The van der Waals surface area contributed by atoms with Crippen LogP contribution in [-0.4, -0.2) is 12.6 Å². The number of aryl methyl sites for hydroxylation is 1. The molecule has 1 aliphatic carbocycles. The van der Waals surface area contributed by atoms with E-state index in [9.17, 15) is 4.39 Å². The van der Waals surface area contributed by atoms with Gasteiger partial charge in [-0.25, -0.2) is 4.39 Å². The van der Waals surface area contributed by atoms with Crippen LogP contribution in [-0.2, 0) is 5.41 Å². The third-order valence-electron chi connectivity index (χ3n) is 3.74. The number of hydrogen-bond acceptors (Lipinski definition) is 1. The van der Waals surface area contributed by atoms with Gasteiger partial charge in [-0.15, -0.1) is 0 Å². The molecule has 0 heterocycles. The number of halogens is 2. The summed E-state index contributed by atoms with van der Waals surface area (Å²) in [5.74, 6) is -0.226. The molecule has 1 nitrogen and oxygen atoms in total. The summed E-state index contributed by atoms with van der Waals surface area (Å²) < 4.78 is 13.4. The Balaban J connectivity index is 2.09. The van der Waals surface area contributed by atoms with E-state index in [1.165, 1.54) is 18.9 Å². The van der Waals surface area contributed by atoms with Crippen molar-refractivity contribution in [2.75, 3.05) is 6.54 Å². The summed E-state index contributed by atoms with van der Waals surface area (Å²) in [7, 11) is 0. The van der Waals surface area contributed by atoms with E-state index in [1.807, 2.05) is 6.07 Å². The molecule has 0 aliphatic heterocycles. The van der Waals surface area contributed by atoms with Gasteiger partial charge in [0.15, 0.2) is 0 Å². The van der Waals surface area contributed by atoms with Crippen LogP contribution in [0.25, 0.3) is 0 Å².